The molecule has 2 aromatic rings. The summed E-state index contributed by atoms with van der Waals surface area (Å²) >= 11 is 0. The highest BCUT2D eigenvalue weighted by Gasteiger charge is 2.15. The first-order valence-electron chi connectivity index (χ1n) is 7.00. The summed E-state index contributed by atoms with van der Waals surface area (Å²) in [4.78, 5) is 39.2. The van der Waals surface area contributed by atoms with Crippen LogP contribution in [0.15, 0.2) is 29.2 Å². The van der Waals surface area contributed by atoms with Crippen LogP contribution in [0.25, 0.3) is 11.5 Å². The summed E-state index contributed by atoms with van der Waals surface area (Å²) < 4.78 is 7.02. The third kappa shape index (κ3) is 4.02. The van der Waals surface area contributed by atoms with Gasteiger partial charge in [0.25, 0.3) is 0 Å². The van der Waals surface area contributed by atoms with Gasteiger partial charge in [0.1, 0.15) is 18.8 Å². The molecule has 0 aliphatic rings. The van der Waals surface area contributed by atoms with E-state index in [0.717, 1.165) is 4.68 Å². The molecule has 0 radical (unpaired) electrons. The Bertz CT molecular complexity index is 750. The summed E-state index contributed by atoms with van der Waals surface area (Å²) in [6, 6.07) is 5.24. The Labute approximate surface area is 131 Å². The standard InChI is InChI=1S/C14H17N5O4/c1-3-23-12(21)8-16-11(20)9-19-14(22)18(2)13(17-19)10-6-4-5-7-15-10/h4-7H,3,8-9H2,1-2H3,(H,16,20). The minimum atomic E-state index is -0.539. The molecule has 0 fully saturated rings. The van der Waals surface area contributed by atoms with E-state index in [1.165, 1.54) is 4.57 Å². The monoisotopic (exact) mass is 319 g/mol. The number of carbonyl (C=O) groups excluding carboxylic acids is 2. The van der Waals surface area contributed by atoms with Crippen LogP contribution in [0.1, 0.15) is 6.92 Å². The van der Waals surface area contributed by atoms with Crippen LogP contribution in [-0.2, 0) is 27.9 Å². The number of nitrogens with zero attached hydrogens (tertiary/aromatic N) is 4. The van der Waals surface area contributed by atoms with Gasteiger partial charge in [-0.15, -0.1) is 5.10 Å². The Balaban J connectivity index is 2.08. The van der Waals surface area contributed by atoms with Crippen molar-refractivity contribution in [1.29, 1.82) is 0 Å². The molecule has 23 heavy (non-hydrogen) atoms. The Morgan fingerprint density at radius 1 is 1.35 bits per heavy atom. The van der Waals surface area contributed by atoms with Crippen molar-refractivity contribution in [3.63, 3.8) is 0 Å². The topological polar surface area (TPSA) is 108 Å². The molecule has 2 heterocycles. The number of hydrogen-bond acceptors (Lipinski definition) is 6. The number of ether oxygens (including phenoxy) is 1. The highest BCUT2D eigenvalue weighted by molar-refractivity contribution is 5.81. The molecule has 0 spiro atoms. The van der Waals surface area contributed by atoms with Gasteiger partial charge >= 0.3 is 11.7 Å². The average Bonchev–Trinajstić information content (AvgIpc) is 2.82. The lowest BCUT2D eigenvalue weighted by molar-refractivity contribution is -0.143. The molecule has 0 aromatic carbocycles. The zero-order valence-corrected chi connectivity index (χ0v) is 12.9. The SMILES string of the molecule is CCOC(=O)CNC(=O)Cn1nc(-c2ccccn2)n(C)c1=O. The van der Waals surface area contributed by atoms with Crippen LogP contribution in [-0.4, -0.2) is 44.4 Å². The van der Waals surface area contributed by atoms with Gasteiger partial charge in [0.15, 0.2) is 5.82 Å². The molecule has 0 bridgehead atoms. The Kier molecular flexibility index (Phi) is 5.23. The molecule has 0 aliphatic carbocycles. The molecule has 0 atom stereocenters. The number of carbonyl (C=O) groups is 2. The molecule has 1 amide bonds. The minimum Gasteiger partial charge on any atom is -0.465 e. The molecule has 122 valence electrons. The van der Waals surface area contributed by atoms with E-state index in [9.17, 15) is 14.4 Å². The fourth-order valence-electron chi connectivity index (χ4n) is 1.88. The third-order valence-electron chi connectivity index (χ3n) is 2.96. The number of pyridine rings is 1. The van der Waals surface area contributed by atoms with Crippen LogP contribution in [0, 0.1) is 0 Å². The Hall–Kier alpha value is -2.97. The van der Waals surface area contributed by atoms with E-state index in [0.29, 0.717) is 11.5 Å². The predicted molar refractivity (Wildman–Crippen MR) is 80.3 cm³/mol. The van der Waals surface area contributed by atoms with Gasteiger partial charge in [0.2, 0.25) is 5.91 Å². The van der Waals surface area contributed by atoms with E-state index >= 15 is 0 Å². The van der Waals surface area contributed by atoms with Crippen LogP contribution >= 0.6 is 0 Å². The maximum absolute atomic E-state index is 12.1. The quantitative estimate of drug-likeness (QED) is 0.707. The molecule has 2 aromatic heterocycles. The van der Waals surface area contributed by atoms with Crippen LogP contribution in [0.2, 0.25) is 0 Å². The van der Waals surface area contributed by atoms with E-state index in [4.69, 9.17) is 4.74 Å². The average molecular weight is 319 g/mol. The summed E-state index contributed by atoms with van der Waals surface area (Å²) in [5, 5.41) is 6.48. The fraction of sp³-hybridized carbons (Fsp3) is 0.357. The molecule has 2 rings (SSSR count). The third-order valence-corrected chi connectivity index (χ3v) is 2.96. The number of rotatable bonds is 6. The first kappa shape index (κ1) is 16.4. The van der Waals surface area contributed by atoms with Crippen molar-refractivity contribution in [2.75, 3.05) is 13.2 Å². The van der Waals surface area contributed by atoms with E-state index in [1.54, 1.807) is 38.4 Å². The maximum atomic E-state index is 12.1. The molecule has 0 aliphatic heterocycles. The number of aromatic nitrogens is 4. The Morgan fingerprint density at radius 3 is 2.78 bits per heavy atom. The van der Waals surface area contributed by atoms with Crippen molar-refractivity contribution in [3.05, 3.63) is 34.9 Å². The molecule has 9 heteroatoms. The summed E-state index contributed by atoms with van der Waals surface area (Å²) in [5.41, 5.74) is 0.0784. The summed E-state index contributed by atoms with van der Waals surface area (Å²) in [6.45, 7) is 1.37. The van der Waals surface area contributed by atoms with Gasteiger partial charge in [-0.1, -0.05) is 6.07 Å². The number of nitrogens with one attached hydrogen (secondary N) is 1. The van der Waals surface area contributed by atoms with Gasteiger partial charge in [0, 0.05) is 13.2 Å². The molecule has 1 N–H and O–H groups in total. The largest absolute Gasteiger partial charge is 0.465 e. The summed E-state index contributed by atoms with van der Waals surface area (Å²) in [6.07, 6.45) is 1.59. The van der Waals surface area contributed by atoms with Crippen molar-refractivity contribution in [2.45, 2.75) is 13.5 Å². The lowest BCUT2D eigenvalue weighted by Crippen LogP contribution is -2.36. The van der Waals surface area contributed by atoms with Gasteiger partial charge in [-0.05, 0) is 19.1 Å². The molecular weight excluding hydrogens is 302 g/mol. The highest BCUT2D eigenvalue weighted by Crippen LogP contribution is 2.10. The lowest BCUT2D eigenvalue weighted by atomic mass is 10.3. The molecule has 0 unspecified atom stereocenters. The summed E-state index contributed by atoms with van der Waals surface area (Å²) in [5.74, 6) is -0.692. The normalized spacial score (nSPS) is 10.3. The van der Waals surface area contributed by atoms with E-state index in [2.05, 4.69) is 15.4 Å². The van der Waals surface area contributed by atoms with Crippen LogP contribution < -0.4 is 11.0 Å². The van der Waals surface area contributed by atoms with E-state index < -0.39 is 17.6 Å². The maximum Gasteiger partial charge on any atom is 0.346 e. The smallest absolute Gasteiger partial charge is 0.346 e. The van der Waals surface area contributed by atoms with Gasteiger partial charge < -0.3 is 10.1 Å². The van der Waals surface area contributed by atoms with Crippen molar-refractivity contribution in [2.24, 2.45) is 7.05 Å². The van der Waals surface area contributed by atoms with Crippen molar-refractivity contribution >= 4 is 11.9 Å². The fourth-order valence-corrected chi connectivity index (χ4v) is 1.88. The van der Waals surface area contributed by atoms with Gasteiger partial charge in [-0.2, -0.15) is 0 Å². The van der Waals surface area contributed by atoms with Gasteiger partial charge in [-0.25, -0.2) is 9.48 Å². The molecular formula is C14H17N5O4. The predicted octanol–water partition coefficient (Wildman–Crippen LogP) is -0.677. The Morgan fingerprint density at radius 2 is 2.13 bits per heavy atom. The van der Waals surface area contributed by atoms with Crippen LogP contribution in [0.4, 0.5) is 0 Å². The molecule has 0 saturated carbocycles. The van der Waals surface area contributed by atoms with Crippen LogP contribution in [0.5, 0.6) is 0 Å². The molecule has 0 saturated heterocycles. The molecule has 9 nitrogen and oxygen atoms in total. The number of esters is 1. The van der Waals surface area contributed by atoms with Crippen molar-refractivity contribution in [1.82, 2.24) is 24.6 Å². The van der Waals surface area contributed by atoms with Gasteiger partial charge in [-0.3, -0.25) is 19.1 Å². The number of hydrogen-bond donors (Lipinski definition) is 1. The first-order valence-corrected chi connectivity index (χ1v) is 7.00. The second-order valence-electron chi connectivity index (χ2n) is 4.62. The second-order valence-corrected chi connectivity index (χ2v) is 4.62. The minimum absolute atomic E-state index is 0.238. The first-order chi connectivity index (χ1) is 11.0. The van der Waals surface area contributed by atoms with Gasteiger partial charge in [0.05, 0.1) is 6.61 Å². The van der Waals surface area contributed by atoms with Crippen molar-refractivity contribution < 1.29 is 14.3 Å². The van der Waals surface area contributed by atoms with Crippen LogP contribution in [0.3, 0.4) is 0 Å². The highest BCUT2D eigenvalue weighted by atomic mass is 16.5. The summed E-state index contributed by atoms with van der Waals surface area (Å²) in [7, 11) is 1.55. The zero-order chi connectivity index (χ0) is 16.8. The van der Waals surface area contributed by atoms with E-state index in [-0.39, 0.29) is 19.7 Å². The number of amides is 1. The zero-order valence-electron chi connectivity index (χ0n) is 12.9. The van der Waals surface area contributed by atoms with Crippen molar-refractivity contribution in [3.8, 4) is 11.5 Å². The van der Waals surface area contributed by atoms with E-state index in [1.807, 2.05) is 0 Å². The lowest BCUT2D eigenvalue weighted by Gasteiger charge is -2.04. The second kappa shape index (κ2) is 7.34.